The highest BCUT2D eigenvalue weighted by Gasteiger charge is 2.27. The van der Waals surface area contributed by atoms with Crippen LogP contribution in [0.3, 0.4) is 0 Å². The summed E-state index contributed by atoms with van der Waals surface area (Å²) in [5.41, 5.74) is -0.0797. The molecule has 0 saturated heterocycles. The maximum Gasteiger partial charge on any atom is 0.335 e. The lowest BCUT2D eigenvalue weighted by Crippen LogP contribution is -2.20. The summed E-state index contributed by atoms with van der Waals surface area (Å²) in [5, 5.41) is 8.40. The molecule has 0 heterocycles. The zero-order valence-corrected chi connectivity index (χ0v) is 11.8. The Hall–Kier alpha value is -1.07. The quantitative estimate of drug-likeness (QED) is 0.905. The Kier molecular flexibility index (Phi) is 4.76. The van der Waals surface area contributed by atoms with Gasteiger partial charge in [0.15, 0.2) is 9.84 Å². The molecule has 0 aromatic heterocycles. The van der Waals surface area contributed by atoms with Crippen LogP contribution < -0.4 is 0 Å². The van der Waals surface area contributed by atoms with Gasteiger partial charge >= 0.3 is 5.97 Å². The maximum atomic E-state index is 12.3. The number of sulfone groups is 1. The van der Waals surface area contributed by atoms with Crippen molar-refractivity contribution in [1.29, 1.82) is 0 Å². The zero-order chi connectivity index (χ0) is 13.9. The Bertz CT molecular complexity index is 547. The van der Waals surface area contributed by atoms with Crippen molar-refractivity contribution < 1.29 is 18.3 Å². The molecule has 1 N–H and O–H groups in total. The van der Waals surface area contributed by atoms with E-state index in [0.29, 0.717) is 12.8 Å². The number of carbonyl (C=O) groups is 1. The molecule has 0 amide bonds. The van der Waals surface area contributed by atoms with Gasteiger partial charge in [-0.3, -0.25) is 0 Å². The molecule has 0 radical (unpaired) electrons. The van der Waals surface area contributed by atoms with Gasteiger partial charge in [-0.05, 0) is 31.0 Å². The predicted molar refractivity (Wildman–Crippen MR) is 70.0 cm³/mol. The number of halogens is 1. The Morgan fingerprint density at radius 2 is 1.89 bits per heavy atom. The first-order valence-electron chi connectivity index (χ1n) is 5.61. The molecule has 0 saturated carbocycles. The van der Waals surface area contributed by atoms with Crippen LogP contribution in [0.1, 0.15) is 37.0 Å². The molecule has 0 unspecified atom stereocenters. The summed E-state index contributed by atoms with van der Waals surface area (Å²) in [4.78, 5) is 10.8. The number of hydrogen-bond acceptors (Lipinski definition) is 3. The van der Waals surface area contributed by atoms with Crippen molar-refractivity contribution in [1.82, 2.24) is 0 Å². The number of carboxylic acid groups (broad SMARTS) is 1. The molecule has 6 heteroatoms. The van der Waals surface area contributed by atoms with Crippen LogP contribution in [0.2, 0.25) is 5.02 Å². The van der Waals surface area contributed by atoms with Crippen molar-refractivity contribution in [3.8, 4) is 0 Å². The fourth-order valence-electron chi connectivity index (χ4n) is 1.76. The van der Waals surface area contributed by atoms with Gasteiger partial charge in [0.25, 0.3) is 0 Å². The van der Waals surface area contributed by atoms with Crippen LogP contribution in [0.4, 0.5) is 0 Å². The predicted octanol–water partition coefficient (Wildman–Crippen LogP) is 3.00. The van der Waals surface area contributed by atoms with E-state index < -0.39 is 21.1 Å². The Morgan fingerprint density at radius 3 is 2.33 bits per heavy atom. The minimum Gasteiger partial charge on any atom is -0.478 e. The van der Waals surface area contributed by atoms with Crippen LogP contribution in [0, 0.1) is 0 Å². The Morgan fingerprint density at radius 1 is 1.33 bits per heavy atom. The van der Waals surface area contributed by atoms with Crippen LogP contribution in [0.5, 0.6) is 0 Å². The van der Waals surface area contributed by atoms with Gasteiger partial charge in [-0.25, -0.2) is 13.2 Å². The van der Waals surface area contributed by atoms with E-state index in [2.05, 4.69) is 0 Å². The van der Waals surface area contributed by atoms with Crippen molar-refractivity contribution >= 4 is 27.4 Å². The Labute approximate surface area is 112 Å². The van der Waals surface area contributed by atoms with Crippen molar-refractivity contribution in [3.05, 3.63) is 28.8 Å². The first-order valence-corrected chi connectivity index (χ1v) is 7.53. The fourth-order valence-corrected chi connectivity index (χ4v) is 4.07. The van der Waals surface area contributed by atoms with Gasteiger partial charge in [0, 0.05) is 0 Å². The summed E-state index contributed by atoms with van der Waals surface area (Å²) < 4.78 is 24.6. The topological polar surface area (TPSA) is 71.4 Å². The SMILES string of the molecule is CCC(CC)S(=O)(=O)c1cc(C(=O)O)ccc1Cl. The third kappa shape index (κ3) is 2.84. The first kappa shape index (κ1) is 15.0. The van der Waals surface area contributed by atoms with Crippen LogP contribution in [-0.2, 0) is 9.84 Å². The molecule has 0 aliphatic carbocycles. The molecule has 1 aromatic rings. The van der Waals surface area contributed by atoms with E-state index in [0.717, 1.165) is 6.07 Å². The zero-order valence-electron chi connectivity index (χ0n) is 10.2. The molecule has 0 aliphatic rings. The number of aromatic carboxylic acids is 1. The normalized spacial score (nSPS) is 11.8. The van der Waals surface area contributed by atoms with Gasteiger partial charge in [-0.2, -0.15) is 0 Å². The fraction of sp³-hybridized carbons (Fsp3) is 0.417. The minimum atomic E-state index is -3.58. The molecule has 1 aromatic carbocycles. The van der Waals surface area contributed by atoms with Gasteiger partial charge < -0.3 is 5.11 Å². The molecule has 0 fully saturated rings. The number of carboxylic acids is 1. The molecular weight excluding hydrogens is 276 g/mol. The summed E-state index contributed by atoms with van der Waals surface area (Å²) in [6, 6.07) is 3.72. The largest absolute Gasteiger partial charge is 0.478 e. The number of benzene rings is 1. The third-order valence-corrected chi connectivity index (χ3v) is 5.77. The molecule has 0 bridgehead atoms. The second kappa shape index (κ2) is 5.71. The van der Waals surface area contributed by atoms with E-state index in [-0.39, 0.29) is 15.5 Å². The lowest BCUT2D eigenvalue weighted by atomic mass is 10.2. The number of hydrogen-bond donors (Lipinski definition) is 1. The van der Waals surface area contributed by atoms with Crippen LogP contribution >= 0.6 is 11.6 Å². The highest BCUT2D eigenvalue weighted by Crippen LogP contribution is 2.28. The summed E-state index contributed by atoms with van der Waals surface area (Å²) >= 11 is 5.87. The molecule has 0 aliphatic heterocycles. The standard InChI is InChI=1S/C12H15ClO4S/c1-3-9(4-2)18(16,17)11-7-8(12(14)15)5-6-10(11)13/h5-7,9H,3-4H2,1-2H3,(H,14,15). The van der Waals surface area contributed by atoms with Crippen molar-refractivity contribution in [2.75, 3.05) is 0 Å². The van der Waals surface area contributed by atoms with Crippen molar-refractivity contribution in [2.24, 2.45) is 0 Å². The summed E-state index contributed by atoms with van der Waals surface area (Å²) in [6.07, 6.45) is 0.929. The second-order valence-corrected chi connectivity index (χ2v) is 6.54. The molecule has 1 rings (SSSR count). The van der Waals surface area contributed by atoms with Gasteiger partial charge in [-0.15, -0.1) is 0 Å². The lowest BCUT2D eigenvalue weighted by Gasteiger charge is -2.15. The van der Waals surface area contributed by atoms with E-state index in [1.807, 2.05) is 0 Å². The molecule has 4 nitrogen and oxygen atoms in total. The van der Waals surface area contributed by atoms with E-state index in [9.17, 15) is 13.2 Å². The first-order chi connectivity index (χ1) is 8.34. The lowest BCUT2D eigenvalue weighted by molar-refractivity contribution is 0.0696. The highest BCUT2D eigenvalue weighted by atomic mass is 35.5. The van der Waals surface area contributed by atoms with Crippen molar-refractivity contribution in [3.63, 3.8) is 0 Å². The average Bonchev–Trinajstić information content (AvgIpc) is 2.30. The van der Waals surface area contributed by atoms with Crippen molar-refractivity contribution in [2.45, 2.75) is 36.8 Å². The minimum absolute atomic E-state index is 0.0619. The van der Waals surface area contributed by atoms with E-state index in [1.54, 1.807) is 13.8 Å². The van der Waals surface area contributed by atoms with Gasteiger partial charge in [-0.1, -0.05) is 25.4 Å². The van der Waals surface area contributed by atoms with Crippen LogP contribution in [-0.4, -0.2) is 24.7 Å². The molecule has 0 atom stereocenters. The summed E-state index contributed by atoms with van der Waals surface area (Å²) in [6.45, 7) is 3.56. The van der Waals surface area contributed by atoms with E-state index in [4.69, 9.17) is 16.7 Å². The third-order valence-electron chi connectivity index (χ3n) is 2.83. The van der Waals surface area contributed by atoms with Gasteiger partial charge in [0.2, 0.25) is 0 Å². The molecule has 100 valence electrons. The smallest absolute Gasteiger partial charge is 0.335 e. The molecular formula is C12H15ClO4S. The van der Waals surface area contributed by atoms with E-state index in [1.165, 1.54) is 12.1 Å². The maximum absolute atomic E-state index is 12.3. The monoisotopic (exact) mass is 290 g/mol. The van der Waals surface area contributed by atoms with Gasteiger partial charge in [0.1, 0.15) is 0 Å². The van der Waals surface area contributed by atoms with Crippen LogP contribution in [0.25, 0.3) is 0 Å². The number of rotatable bonds is 5. The van der Waals surface area contributed by atoms with Crippen LogP contribution in [0.15, 0.2) is 23.1 Å². The Balaban J connectivity index is 3.40. The average molecular weight is 291 g/mol. The summed E-state index contributed by atoms with van der Waals surface area (Å²) in [7, 11) is -3.58. The van der Waals surface area contributed by atoms with E-state index >= 15 is 0 Å². The summed E-state index contributed by atoms with van der Waals surface area (Å²) in [5.74, 6) is -1.17. The van der Waals surface area contributed by atoms with Gasteiger partial charge in [0.05, 0.1) is 20.7 Å². The second-order valence-electron chi connectivity index (χ2n) is 3.93. The molecule has 0 spiro atoms. The highest BCUT2D eigenvalue weighted by molar-refractivity contribution is 7.92. The molecule has 18 heavy (non-hydrogen) atoms.